The van der Waals surface area contributed by atoms with Crippen molar-refractivity contribution in [1.82, 2.24) is 10.6 Å². The van der Waals surface area contributed by atoms with Gasteiger partial charge in [-0.3, -0.25) is 4.79 Å². The van der Waals surface area contributed by atoms with Crippen LogP contribution in [0, 0.1) is 0 Å². The Hall–Kier alpha value is -0.330. The van der Waals surface area contributed by atoms with E-state index >= 15 is 0 Å². The van der Waals surface area contributed by atoms with E-state index in [0.717, 1.165) is 24.3 Å². The Kier molecular flexibility index (Phi) is 6.08. The van der Waals surface area contributed by atoms with Crippen LogP contribution in [0.25, 0.3) is 0 Å². The van der Waals surface area contributed by atoms with Gasteiger partial charge in [-0.15, -0.1) is 23.7 Å². The van der Waals surface area contributed by atoms with Gasteiger partial charge in [0.05, 0.1) is 9.88 Å². The lowest BCUT2D eigenvalue weighted by Gasteiger charge is -2.23. The summed E-state index contributed by atoms with van der Waals surface area (Å²) in [6.07, 6.45) is 1.14. The van der Waals surface area contributed by atoms with Gasteiger partial charge in [-0.25, -0.2) is 0 Å². The molecule has 1 amide bonds. The number of rotatable bonds is 4. The van der Waals surface area contributed by atoms with Crippen molar-refractivity contribution in [2.75, 3.05) is 13.1 Å². The molecule has 19 heavy (non-hydrogen) atoms. The van der Waals surface area contributed by atoms with Crippen molar-refractivity contribution in [3.8, 4) is 0 Å². The van der Waals surface area contributed by atoms with Crippen LogP contribution in [0.5, 0.6) is 0 Å². The van der Waals surface area contributed by atoms with Gasteiger partial charge >= 0.3 is 0 Å². The molecule has 2 rings (SSSR count). The van der Waals surface area contributed by atoms with Gasteiger partial charge in [0.15, 0.2) is 0 Å². The maximum atomic E-state index is 12.0. The number of nitrogens with one attached hydrogen (secondary N) is 2. The second-order valence-corrected chi connectivity index (χ2v) is 6.48. The molecular weight excluding hydrogens is 307 g/mol. The van der Waals surface area contributed by atoms with E-state index in [1.165, 1.54) is 11.3 Å². The fraction of sp³-hybridized carbons (Fsp3) is 0.583. The van der Waals surface area contributed by atoms with Crippen LogP contribution in [-0.2, 0) is 4.79 Å². The molecule has 108 valence electrons. The van der Waals surface area contributed by atoms with Crippen molar-refractivity contribution in [3.05, 3.63) is 21.3 Å². The van der Waals surface area contributed by atoms with Crippen molar-refractivity contribution >= 4 is 41.3 Å². The molecule has 0 aromatic carbocycles. The molecule has 0 saturated carbocycles. The zero-order chi connectivity index (χ0) is 13.2. The standard InChI is InChI=1S/C12H17ClN2O2S.ClH/c1-12(5-2-6-15-12)11(17)14-7-8(16)9-3-4-10(13)18-9;/h3-4,8,15-16H,2,5-7H2,1H3,(H,14,17);1H. The first-order valence-electron chi connectivity index (χ1n) is 5.98. The summed E-state index contributed by atoms with van der Waals surface area (Å²) in [4.78, 5) is 12.8. The van der Waals surface area contributed by atoms with Crippen LogP contribution >= 0.6 is 35.3 Å². The molecule has 1 aliphatic rings. The third-order valence-electron chi connectivity index (χ3n) is 3.25. The van der Waals surface area contributed by atoms with Gasteiger partial charge in [-0.2, -0.15) is 0 Å². The van der Waals surface area contributed by atoms with Gasteiger partial charge in [0.25, 0.3) is 0 Å². The Morgan fingerprint density at radius 2 is 2.42 bits per heavy atom. The lowest BCUT2D eigenvalue weighted by atomic mass is 9.99. The summed E-state index contributed by atoms with van der Waals surface area (Å²) in [5, 5.41) is 15.9. The van der Waals surface area contributed by atoms with Gasteiger partial charge in [0.2, 0.25) is 5.91 Å². The maximum absolute atomic E-state index is 12.0. The van der Waals surface area contributed by atoms with Gasteiger partial charge in [0, 0.05) is 11.4 Å². The molecule has 1 fully saturated rings. The summed E-state index contributed by atoms with van der Waals surface area (Å²) < 4.78 is 0.639. The third kappa shape index (κ3) is 4.07. The minimum absolute atomic E-state index is 0. The van der Waals surface area contributed by atoms with E-state index in [-0.39, 0.29) is 24.9 Å². The fourth-order valence-corrected chi connectivity index (χ4v) is 3.13. The van der Waals surface area contributed by atoms with Crippen LogP contribution in [0.15, 0.2) is 12.1 Å². The van der Waals surface area contributed by atoms with Crippen LogP contribution in [0.4, 0.5) is 0 Å². The minimum atomic E-state index is -0.698. The SMILES string of the molecule is CC1(C(=O)NCC(O)c2ccc(Cl)s2)CCCN1.Cl. The molecule has 0 bridgehead atoms. The van der Waals surface area contributed by atoms with E-state index in [9.17, 15) is 9.90 Å². The minimum Gasteiger partial charge on any atom is -0.386 e. The van der Waals surface area contributed by atoms with Crippen LogP contribution < -0.4 is 10.6 Å². The second kappa shape index (κ2) is 6.90. The largest absolute Gasteiger partial charge is 0.386 e. The normalized spacial score (nSPS) is 23.7. The van der Waals surface area contributed by atoms with Gasteiger partial charge in [-0.05, 0) is 38.4 Å². The Balaban J connectivity index is 0.00000180. The van der Waals surface area contributed by atoms with E-state index in [4.69, 9.17) is 11.6 Å². The number of aliphatic hydroxyl groups is 1. The summed E-state index contributed by atoms with van der Waals surface area (Å²) in [6, 6.07) is 3.52. The van der Waals surface area contributed by atoms with Crippen molar-refractivity contribution in [3.63, 3.8) is 0 Å². The average molecular weight is 325 g/mol. The van der Waals surface area contributed by atoms with Gasteiger partial charge in [-0.1, -0.05) is 11.6 Å². The molecular formula is C12H18Cl2N2O2S. The van der Waals surface area contributed by atoms with E-state index in [0.29, 0.717) is 4.34 Å². The lowest BCUT2D eigenvalue weighted by Crippen LogP contribution is -2.51. The molecule has 7 heteroatoms. The number of hydrogen-bond donors (Lipinski definition) is 3. The first-order chi connectivity index (χ1) is 8.51. The Morgan fingerprint density at radius 1 is 1.68 bits per heavy atom. The maximum Gasteiger partial charge on any atom is 0.240 e. The number of aliphatic hydroxyl groups excluding tert-OH is 1. The Morgan fingerprint density at radius 3 is 2.95 bits per heavy atom. The number of amides is 1. The summed E-state index contributed by atoms with van der Waals surface area (Å²) >= 11 is 7.13. The molecule has 0 spiro atoms. The van der Waals surface area contributed by atoms with Crippen molar-refractivity contribution in [2.45, 2.75) is 31.4 Å². The summed E-state index contributed by atoms with van der Waals surface area (Å²) in [6.45, 7) is 2.98. The average Bonchev–Trinajstić information content (AvgIpc) is 2.95. The molecule has 0 aliphatic carbocycles. The van der Waals surface area contributed by atoms with Crippen molar-refractivity contribution in [2.24, 2.45) is 0 Å². The molecule has 0 radical (unpaired) electrons. The molecule has 2 heterocycles. The number of thiophene rings is 1. The van der Waals surface area contributed by atoms with Crippen molar-refractivity contribution in [1.29, 1.82) is 0 Å². The Labute approximate surface area is 127 Å². The van der Waals surface area contributed by atoms with Gasteiger partial charge < -0.3 is 15.7 Å². The highest BCUT2D eigenvalue weighted by molar-refractivity contribution is 7.16. The van der Waals surface area contributed by atoms with Crippen LogP contribution in [-0.4, -0.2) is 29.6 Å². The predicted molar refractivity (Wildman–Crippen MR) is 80.2 cm³/mol. The van der Waals surface area contributed by atoms with Crippen molar-refractivity contribution < 1.29 is 9.90 Å². The summed E-state index contributed by atoms with van der Waals surface area (Å²) in [7, 11) is 0. The number of hydrogen-bond acceptors (Lipinski definition) is 4. The topological polar surface area (TPSA) is 61.4 Å². The molecule has 1 saturated heterocycles. The fourth-order valence-electron chi connectivity index (χ4n) is 2.08. The third-order valence-corrected chi connectivity index (χ3v) is 4.58. The zero-order valence-corrected chi connectivity index (χ0v) is 13.0. The highest BCUT2D eigenvalue weighted by Crippen LogP contribution is 2.26. The van der Waals surface area contributed by atoms with Gasteiger partial charge in [0.1, 0.15) is 6.10 Å². The number of carbonyl (C=O) groups is 1. The Bertz CT molecular complexity index is 433. The second-order valence-electron chi connectivity index (χ2n) is 4.73. The zero-order valence-electron chi connectivity index (χ0n) is 10.6. The molecule has 1 aliphatic heterocycles. The van der Waals surface area contributed by atoms with E-state index in [2.05, 4.69) is 10.6 Å². The van der Waals surface area contributed by atoms with E-state index in [1.54, 1.807) is 12.1 Å². The quantitative estimate of drug-likeness (QED) is 0.795. The lowest BCUT2D eigenvalue weighted by molar-refractivity contribution is -0.127. The highest BCUT2D eigenvalue weighted by Gasteiger charge is 2.35. The first-order valence-corrected chi connectivity index (χ1v) is 7.17. The molecule has 1 aromatic rings. The summed E-state index contributed by atoms with van der Waals surface area (Å²) in [5.41, 5.74) is -0.493. The van der Waals surface area contributed by atoms with Crippen LogP contribution in [0.2, 0.25) is 4.34 Å². The summed E-state index contributed by atoms with van der Waals surface area (Å²) in [5.74, 6) is -0.0540. The number of carbonyl (C=O) groups excluding carboxylic acids is 1. The smallest absolute Gasteiger partial charge is 0.240 e. The molecule has 2 unspecified atom stereocenters. The monoisotopic (exact) mass is 324 g/mol. The molecule has 4 nitrogen and oxygen atoms in total. The highest BCUT2D eigenvalue weighted by atomic mass is 35.5. The van der Waals surface area contributed by atoms with E-state index in [1.807, 2.05) is 6.92 Å². The predicted octanol–water partition coefficient (Wildman–Crippen LogP) is 2.11. The molecule has 1 aromatic heterocycles. The van der Waals surface area contributed by atoms with E-state index < -0.39 is 11.6 Å². The molecule has 2 atom stereocenters. The first kappa shape index (κ1) is 16.7. The van der Waals surface area contributed by atoms with Crippen LogP contribution in [0.3, 0.4) is 0 Å². The number of halogens is 2. The molecule has 3 N–H and O–H groups in total. The van der Waals surface area contributed by atoms with Crippen LogP contribution in [0.1, 0.15) is 30.7 Å².